The average Bonchev–Trinajstić information content (AvgIpc) is 2.64. The van der Waals surface area contributed by atoms with Crippen molar-refractivity contribution in [2.45, 2.75) is 0 Å². The number of rotatable bonds is 5. The highest BCUT2D eigenvalue weighted by Gasteiger charge is 2.11. The fourth-order valence-corrected chi connectivity index (χ4v) is 2.28. The molecule has 0 aliphatic rings. The predicted octanol–water partition coefficient (Wildman–Crippen LogP) is 4.88. The Hall–Kier alpha value is -3.34. The summed E-state index contributed by atoms with van der Waals surface area (Å²) in [4.78, 5) is 12.1. The number of halogens is 1. The van der Waals surface area contributed by atoms with Gasteiger partial charge < -0.3 is 14.8 Å². The number of hydrogen-bond acceptors (Lipinski definition) is 3. The maximum absolute atomic E-state index is 13.6. The van der Waals surface area contributed by atoms with E-state index in [-0.39, 0.29) is 5.56 Å². The summed E-state index contributed by atoms with van der Waals surface area (Å²) >= 11 is 0. The van der Waals surface area contributed by atoms with Crippen molar-refractivity contribution in [1.29, 1.82) is 0 Å². The van der Waals surface area contributed by atoms with Crippen LogP contribution in [-0.4, -0.2) is 13.0 Å². The molecule has 0 unspecified atom stereocenters. The van der Waals surface area contributed by atoms with Crippen LogP contribution in [0.2, 0.25) is 0 Å². The summed E-state index contributed by atoms with van der Waals surface area (Å²) in [5.74, 6) is 0.744. The molecule has 0 radical (unpaired) electrons. The van der Waals surface area contributed by atoms with Gasteiger partial charge in [0.25, 0.3) is 5.91 Å². The zero-order chi connectivity index (χ0) is 17.6. The van der Waals surface area contributed by atoms with Crippen LogP contribution in [0.15, 0.2) is 72.8 Å². The summed E-state index contributed by atoms with van der Waals surface area (Å²) in [7, 11) is 1.57. The van der Waals surface area contributed by atoms with E-state index in [1.165, 1.54) is 18.2 Å². The molecule has 3 rings (SSSR count). The standard InChI is InChI=1S/C20H16FNO3/c1-24-18-8-4-5-9-19(18)25-15-12-10-14(11-13-15)22-20(23)16-6-2-3-7-17(16)21/h2-13H,1H3,(H,22,23). The summed E-state index contributed by atoms with van der Waals surface area (Å²) < 4.78 is 24.6. The lowest BCUT2D eigenvalue weighted by atomic mass is 10.2. The van der Waals surface area contributed by atoms with Gasteiger partial charge in [-0.15, -0.1) is 0 Å². The molecule has 0 atom stereocenters. The number of amides is 1. The minimum atomic E-state index is -0.559. The third-order valence-corrected chi connectivity index (χ3v) is 3.53. The molecule has 0 saturated heterocycles. The van der Waals surface area contributed by atoms with Crippen LogP contribution in [0.4, 0.5) is 10.1 Å². The van der Waals surface area contributed by atoms with E-state index < -0.39 is 11.7 Å². The number of ether oxygens (including phenoxy) is 2. The maximum atomic E-state index is 13.6. The van der Waals surface area contributed by atoms with E-state index in [2.05, 4.69) is 5.32 Å². The van der Waals surface area contributed by atoms with Gasteiger partial charge >= 0.3 is 0 Å². The van der Waals surface area contributed by atoms with E-state index in [1.54, 1.807) is 49.6 Å². The van der Waals surface area contributed by atoms with Gasteiger partial charge in [0.05, 0.1) is 12.7 Å². The van der Waals surface area contributed by atoms with Crippen molar-refractivity contribution in [3.8, 4) is 17.2 Å². The van der Waals surface area contributed by atoms with Gasteiger partial charge in [-0.3, -0.25) is 4.79 Å². The van der Waals surface area contributed by atoms with Gasteiger partial charge in [0.1, 0.15) is 11.6 Å². The molecular formula is C20H16FNO3. The van der Waals surface area contributed by atoms with Crippen molar-refractivity contribution in [2.24, 2.45) is 0 Å². The number of anilines is 1. The first-order valence-electron chi connectivity index (χ1n) is 7.64. The normalized spacial score (nSPS) is 10.2. The number of carbonyl (C=O) groups excluding carboxylic acids is 1. The summed E-state index contributed by atoms with van der Waals surface area (Å²) in [6.45, 7) is 0. The van der Waals surface area contributed by atoms with Crippen LogP contribution in [0.1, 0.15) is 10.4 Å². The van der Waals surface area contributed by atoms with Crippen LogP contribution in [0.5, 0.6) is 17.2 Å². The maximum Gasteiger partial charge on any atom is 0.258 e. The Morgan fingerprint density at radius 1 is 0.880 bits per heavy atom. The molecule has 5 heteroatoms. The number of carbonyl (C=O) groups is 1. The first-order chi connectivity index (χ1) is 12.2. The summed E-state index contributed by atoms with van der Waals surface area (Å²) in [5.41, 5.74) is 0.539. The molecule has 25 heavy (non-hydrogen) atoms. The van der Waals surface area contributed by atoms with Crippen LogP contribution < -0.4 is 14.8 Å². The highest BCUT2D eigenvalue weighted by atomic mass is 19.1. The third-order valence-electron chi connectivity index (χ3n) is 3.53. The largest absolute Gasteiger partial charge is 0.493 e. The van der Waals surface area contributed by atoms with Gasteiger partial charge in [0.15, 0.2) is 11.5 Å². The lowest BCUT2D eigenvalue weighted by Crippen LogP contribution is -2.13. The number of para-hydroxylation sites is 2. The second-order valence-electron chi connectivity index (χ2n) is 5.21. The Morgan fingerprint density at radius 2 is 1.52 bits per heavy atom. The van der Waals surface area contributed by atoms with Gasteiger partial charge in [-0.2, -0.15) is 0 Å². The minimum Gasteiger partial charge on any atom is -0.493 e. The average molecular weight is 337 g/mol. The Labute approximate surface area is 144 Å². The van der Waals surface area contributed by atoms with Crippen molar-refractivity contribution in [3.05, 3.63) is 84.2 Å². The molecule has 3 aromatic rings. The van der Waals surface area contributed by atoms with Gasteiger partial charge in [0, 0.05) is 5.69 Å². The monoisotopic (exact) mass is 337 g/mol. The molecule has 3 aromatic carbocycles. The van der Waals surface area contributed by atoms with E-state index in [1.807, 2.05) is 12.1 Å². The van der Waals surface area contributed by atoms with Crippen LogP contribution in [0, 0.1) is 5.82 Å². The zero-order valence-corrected chi connectivity index (χ0v) is 13.5. The second kappa shape index (κ2) is 7.49. The topological polar surface area (TPSA) is 47.6 Å². The number of methoxy groups -OCH3 is 1. The molecular weight excluding hydrogens is 321 g/mol. The SMILES string of the molecule is COc1ccccc1Oc1ccc(NC(=O)c2ccccc2F)cc1. The third kappa shape index (κ3) is 3.95. The summed E-state index contributed by atoms with van der Waals surface area (Å²) in [5, 5.41) is 2.65. The molecule has 0 heterocycles. The predicted molar refractivity (Wildman–Crippen MR) is 93.9 cm³/mol. The molecule has 4 nitrogen and oxygen atoms in total. The van der Waals surface area contributed by atoms with E-state index in [4.69, 9.17) is 9.47 Å². The molecule has 0 aliphatic carbocycles. The first kappa shape index (κ1) is 16.5. The molecule has 0 fully saturated rings. The lowest BCUT2D eigenvalue weighted by molar-refractivity contribution is 0.102. The Balaban J connectivity index is 1.70. The fraction of sp³-hybridized carbons (Fsp3) is 0.0500. The fourth-order valence-electron chi connectivity index (χ4n) is 2.28. The molecule has 0 bridgehead atoms. The van der Waals surface area contributed by atoms with E-state index in [0.717, 1.165) is 0 Å². The quantitative estimate of drug-likeness (QED) is 0.722. The van der Waals surface area contributed by atoms with Crippen molar-refractivity contribution in [3.63, 3.8) is 0 Å². The lowest BCUT2D eigenvalue weighted by Gasteiger charge is -2.11. The molecule has 0 aliphatic heterocycles. The van der Waals surface area contributed by atoms with Crippen molar-refractivity contribution in [2.75, 3.05) is 12.4 Å². The Morgan fingerprint density at radius 3 is 2.20 bits per heavy atom. The van der Waals surface area contributed by atoms with E-state index in [0.29, 0.717) is 22.9 Å². The number of hydrogen-bond donors (Lipinski definition) is 1. The van der Waals surface area contributed by atoms with Gasteiger partial charge in [-0.05, 0) is 48.5 Å². The molecule has 126 valence electrons. The minimum absolute atomic E-state index is 0.00292. The summed E-state index contributed by atoms with van der Waals surface area (Å²) in [6, 6.07) is 19.9. The van der Waals surface area contributed by atoms with Crippen LogP contribution >= 0.6 is 0 Å². The Bertz CT molecular complexity index is 878. The molecule has 0 spiro atoms. The van der Waals surface area contributed by atoms with Crippen LogP contribution in [0.25, 0.3) is 0 Å². The zero-order valence-electron chi connectivity index (χ0n) is 13.5. The van der Waals surface area contributed by atoms with Gasteiger partial charge in [-0.25, -0.2) is 4.39 Å². The molecule has 0 saturated carbocycles. The van der Waals surface area contributed by atoms with Crippen LogP contribution in [-0.2, 0) is 0 Å². The molecule has 0 aromatic heterocycles. The highest BCUT2D eigenvalue weighted by molar-refractivity contribution is 6.04. The Kier molecular flexibility index (Phi) is 4.95. The molecule has 1 amide bonds. The van der Waals surface area contributed by atoms with Crippen LogP contribution in [0.3, 0.4) is 0 Å². The molecule has 1 N–H and O–H groups in total. The van der Waals surface area contributed by atoms with Gasteiger partial charge in [-0.1, -0.05) is 24.3 Å². The van der Waals surface area contributed by atoms with E-state index >= 15 is 0 Å². The first-order valence-corrected chi connectivity index (χ1v) is 7.64. The van der Waals surface area contributed by atoms with Crippen molar-refractivity contribution < 1.29 is 18.7 Å². The van der Waals surface area contributed by atoms with E-state index in [9.17, 15) is 9.18 Å². The van der Waals surface area contributed by atoms with Crippen molar-refractivity contribution >= 4 is 11.6 Å². The smallest absolute Gasteiger partial charge is 0.258 e. The van der Waals surface area contributed by atoms with Gasteiger partial charge in [0.2, 0.25) is 0 Å². The van der Waals surface area contributed by atoms with Crippen molar-refractivity contribution in [1.82, 2.24) is 0 Å². The number of nitrogens with one attached hydrogen (secondary N) is 1. The second-order valence-corrected chi connectivity index (χ2v) is 5.21. The summed E-state index contributed by atoms with van der Waals surface area (Å²) in [6.07, 6.45) is 0. The number of benzene rings is 3. The highest BCUT2D eigenvalue weighted by Crippen LogP contribution is 2.31.